The molecule has 0 spiro atoms. The maximum atomic E-state index is 10.9. The Balaban J connectivity index is 3.09. The Kier molecular flexibility index (Phi) is 4.31. The van der Waals surface area contributed by atoms with Gasteiger partial charge in [0, 0.05) is 12.3 Å². The fourth-order valence-corrected chi connectivity index (χ4v) is 1.74. The summed E-state index contributed by atoms with van der Waals surface area (Å²) in [7, 11) is 0. The zero-order chi connectivity index (χ0) is 12.1. The van der Waals surface area contributed by atoms with Crippen LogP contribution in [0.1, 0.15) is 27.9 Å². The zero-order valence-electron chi connectivity index (χ0n) is 8.44. The molecule has 0 saturated carbocycles. The fraction of sp³-hybridized carbons (Fsp3) is 0.273. The average molecular weight is 243 g/mol. The number of halogens is 1. The normalized spacial score (nSPS) is 10.1. The molecule has 4 nitrogen and oxygen atoms in total. The van der Waals surface area contributed by atoms with Gasteiger partial charge < -0.3 is 10.2 Å². The molecule has 0 aliphatic carbocycles. The minimum Gasteiger partial charge on any atom is -0.481 e. The van der Waals surface area contributed by atoms with Gasteiger partial charge in [-0.15, -0.1) is 11.6 Å². The van der Waals surface area contributed by atoms with E-state index >= 15 is 0 Å². The third-order valence-electron chi connectivity index (χ3n) is 2.24. The van der Waals surface area contributed by atoms with Crippen molar-refractivity contribution in [2.75, 3.05) is 0 Å². The Hall–Kier alpha value is -1.55. The Bertz CT molecular complexity index is 414. The van der Waals surface area contributed by atoms with Crippen molar-refractivity contribution >= 4 is 23.5 Å². The number of hydrogen-bond acceptors (Lipinski definition) is 2. The second-order valence-corrected chi connectivity index (χ2v) is 3.54. The maximum Gasteiger partial charge on any atom is 0.335 e. The van der Waals surface area contributed by atoms with E-state index in [1.807, 2.05) is 0 Å². The number of benzene rings is 1. The van der Waals surface area contributed by atoms with Gasteiger partial charge >= 0.3 is 11.9 Å². The van der Waals surface area contributed by atoms with Gasteiger partial charge in [-0.2, -0.15) is 0 Å². The van der Waals surface area contributed by atoms with Crippen LogP contribution in [-0.2, 0) is 17.1 Å². The van der Waals surface area contributed by atoms with E-state index in [0.29, 0.717) is 11.1 Å². The molecule has 86 valence electrons. The number of aromatic carboxylic acids is 1. The van der Waals surface area contributed by atoms with E-state index in [4.69, 9.17) is 21.8 Å². The number of carboxylic acids is 2. The molecule has 0 unspecified atom stereocenters. The lowest BCUT2D eigenvalue weighted by Gasteiger charge is -2.09. The molecule has 1 aromatic rings. The van der Waals surface area contributed by atoms with Crippen LogP contribution >= 0.6 is 11.6 Å². The predicted octanol–water partition coefficient (Wildman–Crippen LogP) is 2.14. The summed E-state index contributed by atoms with van der Waals surface area (Å²) in [4.78, 5) is 21.4. The third kappa shape index (κ3) is 2.97. The Morgan fingerprint density at radius 2 is 1.94 bits per heavy atom. The van der Waals surface area contributed by atoms with Gasteiger partial charge in [0.15, 0.2) is 0 Å². The van der Waals surface area contributed by atoms with E-state index in [-0.39, 0.29) is 24.3 Å². The smallest absolute Gasteiger partial charge is 0.335 e. The summed E-state index contributed by atoms with van der Waals surface area (Å²) in [5.41, 5.74) is 1.30. The first-order valence-electron chi connectivity index (χ1n) is 4.68. The summed E-state index contributed by atoms with van der Waals surface area (Å²) < 4.78 is 0. The highest BCUT2D eigenvalue weighted by Crippen LogP contribution is 2.19. The SMILES string of the molecule is O=C(O)CCc1c(CCl)cccc1C(=O)O. The first-order valence-corrected chi connectivity index (χ1v) is 5.21. The number of alkyl halides is 1. The number of hydrogen-bond donors (Lipinski definition) is 2. The van der Waals surface area contributed by atoms with Crippen LogP contribution in [0.25, 0.3) is 0 Å². The Morgan fingerprint density at radius 3 is 2.44 bits per heavy atom. The minimum atomic E-state index is -1.06. The third-order valence-corrected chi connectivity index (χ3v) is 2.52. The lowest BCUT2D eigenvalue weighted by Crippen LogP contribution is -2.07. The van der Waals surface area contributed by atoms with Crippen LogP contribution < -0.4 is 0 Å². The molecule has 0 amide bonds. The summed E-state index contributed by atoms with van der Waals surface area (Å²) in [5.74, 6) is -1.84. The molecule has 2 N–H and O–H groups in total. The van der Waals surface area contributed by atoms with Gasteiger partial charge in [0.25, 0.3) is 0 Å². The highest BCUT2D eigenvalue weighted by Gasteiger charge is 2.14. The maximum absolute atomic E-state index is 10.9. The molecule has 0 radical (unpaired) electrons. The van der Waals surface area contributed by atoms with Gasteiger partial charge in [0.2, 0.25) is 0 Å². The fourth-order valence-electron chi connectivity index (χ4n) is 1.49. The van der Waals surface area contributed by atoms with E-state index in [9.17, 15) is 9.59 Å². The molecule has 0 fully saturated rings. The molecular formula is C11H11ClO4. The van der Waals surface area contributed by atoms with E-state index in [0.717, 1.165) is 0 Å². The molecule has 0 heterocycles. The van der Waals surface area contributed by atoms with Crippen LogP contribution in [0.5, 0.6) is 0 Å². The van der Waals surface area contributed by atoms with Crippen molar-refractivity contribution in [2.45, 2.75) is 18.7 Å². The summed E-state index contributed by atoms with van der Waals surface area (Å²) in [6.45, 7) is 0. The molecule has 0 bridgehead atoms. The molecule has 1 aromatic carbocycles. The first kappa shape index (κ1) is 12.5. The highest BCUT2D eigenvalue weighted by atomic mass is 35.5. The summed E-state index contributed by atoms with van der Waals surface area (Å²) >= 11 is 5.68. The standard InChI is InChI=1S/C11H11ClO4/c12-6-7-2-1-3-9(11(15)16)8(7)4-5-10(13)14/h1-3H,4-6H2,(H,13,14)(H,15,16). The number of rotatable bonds is 5. The first-order chi connectivity index (χ1) is 7.56. The van der Waals surface area contributed by atoms with Gasteiger partial charge in [-0.25, -0.2) is 4.79 Å². The summed E-state index contributed by atoms with van der Waals surface area (Å²) in [5, 5.41) is 17.5. The average Bonchev–Trinajstić information content (AvgIpc) is 2.25. The van der Waals surface area contributed by atoms with E-state index in [2.05, 4.69) is 0 Å². The summed E-state index contributed by atoms with van der Waals surface area (Å²) in [6.07, 6.45) is 0.0774. The molecular weight excluding hydrogens is 232 g/mol. The largest absolute Gasteiger partial charge is 0.481 e. The van der Waals surface area contributed by atoms with Crippen LogP contribution in [0, 0.1) is 0 Å². The Morgan fingerprint density at radius 1 is 1.25 bits per heavy atom. The van der Waals surface area contributed by atoms with Gasteiger partial charge in [-0.3, -0.25) is 4.79 Å². The topological polar surface area (TPSA) is 74.6 Å². The minimum absolute atomic E-state index is 0.103. The predicted molar refractivity (Wildman–Crippen MR) is 58.9 cm³/mol. The highest BCUT2D eigenvalue weighted by molar-refractivity contribution is 6.17. The number of aliphatic carboxylic acids is 1. The lowest BCUT2D eigenvalue weighted by atomic mass is 9.98. The molecule has 1 rings (SSSR count). The van der Waals surface area contributed by atoms with Crippen molar-refractivity contribution in [3.05, 3.63) is 34.9 Å². The van der Waals surface area contributed by atoms with Crippen LogP contribution in [0.2, 0.25) is 0 Å². The van der Waals surface area contributed by atoms with Gasteiger partial charge in [0.05, 0.1) is 5.56 Å². The van der Waals surface area contributed by atoms with Crippen molar-refractivity contribution in [3.8, 4) is 0 Å². The van der Waals surface area contributed by atoms with Crippen LogP contribution in [0.4, 0.5) is 0 Å². The van der Waals surface area contributed by atoms with Gasteiger partial charge in [-0.1, -0.05) is 12.1 Å². The van der Waals surface area contributed by atoms with Crippen molar-refractivity contribution in [3.63, 3.8) is 0 Å². The van der Waals surface area contributed by atoms with Crippen molar-refractivity contribution in [2.24, 2.45) is 0 Å². The molecule has 0 saturated heterocycles. The molecule has 5 heteroatoms. The molecule has 0 atom stereocenters. The van der Waals surface area contributed by atoms with Crippen LogP contribution in [0.3, 0.4) is 0 Å². The quantitative estimate of drug-likeness (QED) is 0.776. The van der Waals surface area contributed by atoms with E-state index < -0.39 is 11.9 Å². The van der Waals surface area contributed by atoms with Crippen LogP contribution in [0.15, 0.2) is 18.2 Å². The second-order valence-electron chi connectivity index (χ2n) is 3.28. The van der Waals surface area contributed by atoms with Crippen molar-refractivity contribution < 1.29 is 19.8 Å². The van der Waals surface area contributed by atoms with Crippen LogP contribution in [-0.4, -0.2) is 22.2 Å². The van der Waals surface area contributed by atoms with Crippen molar-refractivity contribution in [1.29, 1.82) is 0 Å². The molecule has 0 aliphatic rings. The zero-order valence-corrected chi connectivity index (χ0v) is 9.20. The molecule has 16 heavy (non-hydrogen) atoms. The van der Waals surface area contributed by atoms with Gasteiger partial charge in [-0.05, 0) is 23.6 Å². The number of carbonyl (C=O) groups is 2. The monoisotopic (exact) mass is 242 g/mol. The van der Waals surface area contributed by atoms with E-state index in [1.54, 1.807) is 12.1 Å². The van der Waals surface area contributed by atoms with Gasteiger partial charge in [0.1, 0.15) is 0 Å². The molecule has 0 aromatic heterocycles. The Labute approximate surface area is 97.5 Å². The molecule has 0 aliphatic heterocycles. The van der Waals surface area contributed by atoms with Crippen molar-refractivity contribution in [1.82, 2.24) is 0 Å². The number of carboxylic acid groups (broad SMARTS) is 2. The van der Waals surface area contributed by atoms with E-state index in [1.165, 1.54) is 6.07 Å². The lowest BCUT2D eigenvalue weighted by molar-refractivity contribution is -0.136. The summed E-state index contributed by atoms with van der Waals surface area (Å²) in [6, 6.07) is 4.76. The second kappa shape index (κ2) is 5.51.